The van der Waals surface area contributed by atoms with Crippen LogP contribution in [0.1, 0.15) is 133 Å². The van der Waals surface area contributed by atoms with Gasteiger partial charge in [0.15, 0.2) is 0 Å². The molecule has 0 radical (unpaired) electrons. The van der Waals surface area contributed by atoms with E-state index in [1.165, 1.54) is 30.9 Å². The largest absolute Gasteiger partial charge is 0.478 e. The minimum atomic E-state index is -1.11. The van der Waals surface area contributed by atoms with Crippen molar-refractivity contribution < 1.29 is 29.0 Å². The van der Waals surface area contributed by atoms with E-state index in [1.807, 2.05) is 0 Å². The number of allylic oxidation sites excluding steroid dienone is 1. The van der Waals surface area contributed by atoms with Gasteiger partial charge in [-0.1, -0.05) is 58.9 Å². The first kappa shape index (κ1) is 33.3. The van der Waals surface area contributed by atoms with Gasteiger partial charge in [-0.2, -0.15) is 0 Å². The number of esters is 2. The quantitative estimate of drug-likeness (QED) is 0.249. The molecular formula is C40H56O6. The second-order valence-corrected chi connectivity index (χ2v) is 17.4. The highest BCUT2D eigenvalue weighted by atomic mass is 16.5. The van der Waals surface area contributed by atoms with Crippen molar-refractivity contribution in [3.8, 4) is 0 Å². The van der Waals surface area contributed by atoms with Crippen molar-refractivity contribution >= 4 is 17.9 Å². The molecule has 1 aromatic carbocycles. The average molecular weight is 633 g/mol. The van der Waals surface area contributed by atoms with E-state index in [0.29, 0.717) is 36.2 Å². The van der Waals surface area contributed by atoms with Crippen LogP contribution in [0.25, 0.3) is 0 Å². The first-order chi connectivity index (χ1) is 21.5. The van der Waals surface area contributed by atoms with Crippen LogP contribution in [0.5, 0.6) is 0 Å². The molecule has 1 aromatic rings. The van der Waals surface area contributed by atoms with E-state index in [2.05, 4.69) is 48.1 Å². The van der Waals surface area contributed by atoms with E-state index in [1.54, 1.807) is 25.1 Å². The Labute approximate surface area is 276 Å². The summed E-state index contributed by atoms with van der Waals surface area (Å²) in [4.78, 5) is 37.2. The van der Waals surface area contributed by atoms with E-state index in [-0.39, 0.29) is 50.3 Å². The molecule has 10 atom stereocenters. The van der Waals surface area contributed by atoms with Crippen molar-refractivity contribution in [2.24, 2.45) is 56.7 Å². The lowest BCUT2D eigenvalue weighted by atomic mass is 9.32. The molecule has 6 nitrogen and oxygen atoms in total. The van der Waals surface area contributed by atoms with Crippen molar-refractivity contribution in [2.45, 2.75) is 119 Å². The first-order valence-electron chi connectivity index (χ1n) is 17.8. The van der Waals surface area contributed by atoms with Crippen molar-refractivity contribution in [3.05, 3.63) is 47.5 Å². The molecule has 0 aliphatic heterocycles. The third-order valence-corrected chi connectivity index (χ3v) is 15.4. The van der Waals surface area contributed by atoms with Crippen molar-refractivity contribution in [3.63, 3.8) is 0 Å². The second-order valence-electron chi connectivity index (χ2n) is 17.4. The Hall–Kier alpha value is -2.63. The van der Waals surface area contributed by atoms with Crippen molar-refractivity contribution in [1.82, 2.24) is 0 Å². The van der Waals surface area contributed by atoms with E-state index < -0.39 is 11.9 Å². The topological polar surface area (TPSA) is 89.9 Å². The fraction of sp³-hybridized carbons (Fsp3) is 0.725. The van der Waals surface area contributed by atoms with Gasteiger partial charge in [-0.05, 0) is 129 Å². The minimum absolute atomic E-state index is 0.00935. The number of carbonyl (C=O) groups is 3. The van der Waals surface area contributed by atoms with Gasteiger partial charge in [-0.15, -0.1) is 0 Å². The van der Waals surface area contributed by atoms with Crippen LogP contribution in [0.3, 0.4) is 0 Å². The summed E-state index contributed by atoms with van der Waals surface area (Å²) in [7, 11) is 0. The zero-order chi connectivity index (χ0) is 33.4. The molecule has 0 saturated heterocycles. The molecule has 0 heterocycles. The average Bonchev–Trinajstić information content (AvgIpc) is 3.38. The summed E-state index contributed by atoms with van der Waals surface area (Å²) in [5.74, 6) is 0.747. The monoisotopic (exact) mass is 632 g/mol. The van der Waals surface area contributed by atoms with Gasteiger partial charge in [0.25, 0.3) is 0 Å². The molecule has 7 unspecified atom stereocenters. The maximum atomic E-state index is 13.4. The Morgan fingerprint density at radius 3 is 2.17 bits per heavy atom. The van der Waals surface area contributed by atoms with Crippen molar-refractivity contribution in [1.29, 1.82) is 0 Å². The molecule has 5 saturated carbocycles. The summed E-state index contributed by atoms with van der Waals surface area (Å²) >= 11 is 0. The van der Waals surface area contributed by atoms with Crippen LogP contribution in [0, 0.1) is 56.7 Å². The lowest BCUT2D eigenvalue weighted by Crippen LogP contribution is -2.67. The number of carbonyl (C=O) groups excluding carboxylic acids is 2. The molecule has 6 rings (SSSR count). The van der Waals surface area contributed by atoms with Crippen LogP contribution < -0.4 is 0 Å². The standard InChI is InChI=1S/C40H56O6/c1-24(2)26-15-20-40(23-45-25(3)41)22-21-38(7)29(33(26)40)13-14-31-37(6)18-17-32(36(4,5)30(37)16-19-39(31,38)8)46-35(44)28-12-10-9-11-27(28)34(42)43/h9-12,26,29-33H,1,13-23H2,2-8H3,(H,42,43)/t26?,29?,30?,31?,32?,33?,37-,38+,39+,40?/m0/s1. The molecule has 0 spiro atoms. The summed E-state index contributed by atoms with van der Waals surface area (Å²) < 4.78 is 12.0. The number of aromatic carboxylic acids is 1. The Kier molecular flexibility index (Phi) is 8.12. The third-order valence-electron chi connectivity index (χ3n) is 15.4. The zero-order valence-corrected chi connectivity index (χ0v) is 29.2. The first-order valence-corrected chi connectivity index (χ1v) is 17.8. The molecule has 5 aliphatic carbocycles. The van der Waals surface area contributed by atoms with Crippen LogP contribution in [0.2, 0.25) is 0 Å². The smallest absolute Gasteiger partial charge is 0.339 e. The SMILES string of the molecule is C=C(C)C1CCC2(COC(C)=O)CC[C@]3(C)C(CCC4[C@@]5(C)CCC(OC(=O)c6ccccc6C(=O)O)C(C)(C)C5CC[C@]43C)C12. The molecule has 46 heavy (non-hydrogen) atoms. The number of benzene rings is 1. The Morgan fingerprint density at radius 2 is 1.52 bits per heavy atom. The number of rotatable bonds is 6. The van der Waals surface area contributed by atoms with Crippen LogP contribution in [0.15, 0.2) is 36.4 Å². The van der Waals surface area contributed by atoms with Gasteiger partial charge in [-0.3, -0.25) is 4.79 Å². The molecule has 5 aliphatic rings. The Morgan fingerprint density at radius 1 is 0.826 bits per heavy atom. The van der Waals surface area contributed by atoms with Crippen molar-refractivity contribution in [2.75, 3.05) is 6.61 Å². The third kappa shape index (κ3) is 4.73. The van der Waals surface area contributed by atoms with Crippen LogP contribution >= 0.6 is 0 Å². The number of carboxylic acid groups (broad SMARTS) is 1. The highest BCUT2D eigenvalue weighted by molar-refractivity contribution is 6.02. The molecule has 0 aromatic heterocycles. The number of fused-ring (bicyclic) bond motifs is 7. The second kappa shape index (κ2) is 11.2. The van der Waals surface area contributed by atoms with E-state index in [9.17, 15) is 19.5 Å². The van der Waals surface area contributed by atoms with Gasteiger partial charge in [0.05, 0.1) is 17.7 Å². The number of ether oxygens (including phenoxy) is 2. The normalized spacial score (nSPS) is 42.4. The van der Waals surface area contributed by atoms with Crippen LogP contribution in [-0.2, 0) is 14.3 Å². The maximum absolute atomic E-state index is 13.4. The van der Waals surface area contributed by atoms with Gasteiger partial charge >= 0.3 is 17.9 Å². The Balaban J connectivity index is 1.27. The lowest BCUT2D eigenvalue weighted by Gasteiger charge is -2.73. The molecule has 1 N–H and O–H groups in total. The lowest BCUT2D eigenvalue weighted by molar-refractivity contribution is -0.249. The number of carboxylic acids is 1. The summed E-state index contributed by atoms with van der Waals surface area (Å²) in [6, 6.07) is 6.37. The van der Waals surface area contributed by atoms with Gasteiger partial charge < -0.3 is 14.6 Å². The van der Waals surface area contributed by atoms with E-state index >= 15 is 0 Å². The minimum Gasteiger partial charge on any atom is -0.478 e. The maximum Gasteiger partial charge on any atom is 0.339 e. The molecule has 5 fully saturated rings. The summed E-state index contributed by atoms with van der Waals surface area (Å²) in [5.41, 5.74) is 1.75. The fourth-order valence-electron chi connectivity index (χ4n) is 13.0. The van der Waals surface area contributed by atoms with Gasteiger partial charge in [0.2, 0.25) is 0 Å². The summed E-state index contributed by atoms with van der Waals surface area (Å²) in [6.07, 6.45) is 10.8. The Bertz CT molecular complexity index is 1430. The highest BCUT2D eigenvalue weighted by Crippen LogP contribution is 2.77. The molecule has 0 amide bonds. The fourth-order valence-corrected chi connectivity index (χ4v) is 13.0. The number of hydrogen-bond donors (Lipinski definition) is 1. The summed E-state index contributed by atoms with van der Waals surface area (Å²) in [6.45, 7) is 21.1. The predicted octanol–water partition coefficient (Wildman–Crippen LogP) is 9.13. The molecule has 6 heteroatoms. The van der Waals surface area contributed by atoms with Gasteiger partial charge in [0, 0.05) is 17.8 Å². The molecular weight excluding hydrogens is 576 g/mol. The van der Waals surface area contributed by atoms with E-state index in [0.717, 1.165) is 44.9 Å². The molecule has 252 valence electrons. The van der Waals surface area contributed by atoms with E-state index in [4.69, 9.17) is 9.47 Å². The highest BCUT2D eigenvalue weighted by Gasteiger charge is 2.71. The number of hydrogen-bond acceptors (Lipinski definition) is 5. The van der Waals surface area contributed by atoms with Crippen LogP contribution in [-0.4, -0.2) is 35.7 Å². The van der Waals surface area contributed by atoms with Gasteiger partial charge in [-0.25, -0.2) is 9.59 Å². The molecule has 0 bridgehead atoms. The predicted molar refractivity (Wildman–Crippen MR) is 178 cm³/mol. The van der Waals surface area contributed by atoms with Gasteiger partial charge in [0.1, 0.15) is 6.10 Å². The van der Waals surface area contributed by atoms with Crippen LogP contribution in [0.4, 0.5) is 0 Å². The zero-order valence-electron chi connectivity index (χ0n) is 29.2. The summed E-state index contributed by atoms with van der Waals surface area (Å²) in [5, 5.41) is 9.67.